The Morgan fingerprint density at radius 1 is 1.40 bits per heavy atom. The minimum atomic E-state index is -0.427. The van der Waals surface area contributed by atoms with Crippen molar-refractivity contribution in [1.82, 2.24) is 4.98 Å². The lowest BCUT2D eigenvalue weighted by Crippen LogP contribution is -1.89. The summed E-state index contributed by atoms with van der Waals surface area (Å²) in [5, 5.41) is 11.7. The lowest BCUT2D eigenvalue weighted by atomic mass is 10.1. The Balaban J connectivity index is 2.72. The number of halogens is 1. The fourth-order valence-electron chi connectivity index (χ4n) is 1.36. The fraction of sp³-hybridized carbons (Fsp3) is 0.100. The first-order valence-electron chi connectivity index (χ1n) is 4.29. The van der Waals surface area contributed by atoms with Gasteiger partial charge in [-0.1, -0.05) is 11.6 Å². The Morgan fingerprint density at radius 3 is 2.80 bits per heavy atom. The van der Waals surface area contributed by atoms with Crippen molar-refractivity contribution in [3.63, 3.8) is 0 Å². The number of non-ortho nitro benzene ring substituents is 1. The minimum absolute atomic E-state index is 0.0611. The molecule has 15 heavy (non-hydrogen) atoms. The van der Waals surface area contributed by atoms with Gasteiger partial charge in [0.1, 0.15) is 5.15 Å². The number of aryl methyl sites for hydroxylation is 1. The van der Waals surface area contributed by atoms with Crippen LogP contribution in [0.1, 0.15) is 5.56 Å². The van der Waals surface area contributed by atoms with E-state index in [2.05, 4.69) is 4.98 Å². The van der Waals surface area contributed by atoms with Gasteiger partial charge in [-0.05, 0) is 24.6 Å². The van der Waals surface area contributed by atoms with Crippen LogP contribution in [0.25, 0.3) is 10.9 Å². The van der Waals surface area contributed by atoms with E-state index in [0.717, 1.165) is 10.9 Å². The van der Waals surface area contributed by atoms with E-state index < -0.39 is 4.92 Å². The molecule has 4 nitrogen and oxygen atoms in total. The van der Waals surface area contributed by atoms with Crippen molar-refractivity contribution >= 4 is 28.2 Å². The van der Waals surface area contributed by atoms with Crippen LogP contribution < -0.4 is 0 Å². The van der Waals surface area contributed by atoms with E-state index in [1.54, 1.807) is 12.1 Å². The predicted octanol–water partition coefficient (Wildman–Crippen LogP) is 3.10. The maximum Gasteiger partial charge on any atom is 0.270 e. The zero-order valence-corrected chi connectivity index (χ0v) is 8.65. The van der Waals surface area contributed by atoms with Crippen LogP contribution in [0.5, 0.6) is 0 Å². The summed E-state index contributed by atoms with van der Waals surface area (Å²) in [6.07, 6.45) is 0. The van der Waals surface area contributed by atoms with Gasteiger partial charge in [0.05, 0.1) is 10.4 Å². The molecule has 0 aliphatic heterocycles. The SMILES string of the molecule is Cc1cc2cc([N+](=O)[O-])ccc2nc1Cl. The molecule has 2 rings (SSSR count). The third kappa shape index (κ3) is 1.76. The number of aromatic nitrogens is 1. The third-order valence-electron chi connectivity index (χ3n) is 2.14. The van der Waals surface area contributed by atoms with E-state index in [1.807, 2.05) is 6.92 Å². The average Bonchev–Trinajstić information content (AvgIpc) is 2.19. The average molecular weight is 223 g/mol. The molecule has 0 aliphatic rings. The number of nitrogens with zero attached hydrogens (tertiary/aromatic N) is 2. The third-order valence-corrected chi connectivity index (χ3v) is 2.52. The second kappa shape index (κ2) is 3.47. The maximum absolute atomic E-state index is 10.6. The summed E-state index contributed by atoms with van der Waals surface area (Å²) in [4.78, 5) is 14.2. The number of hydrogen-bond donors (Lipinski definition) is 0. The molecule has 0 saturated carbocycles. The molecule has 0 atom stereocenters. The lowest BCUT2D eigenvalue weighted by molar-refractivity contribution is -0.384. The van der Waals surface area contributed by atoms with Crippen LogP contribution >= 0.6 is 11.6 Å². The topological polar surface area (TPSA) is 56.0 Å². The standard InChI is InChI=1S/C10H7ClN2O2/c1-6-4-7-5-8(13(14)15)2-3-9(7)12-10(6)11/h2-5H,1H3. The van der Waals surface area contributed by atoms with Crippen LogP contribution in [0.15, 0.2) is 24.3 Å². The molecule has 1 heterocycles. The van der Waals surface area contributed by atoms with Gasteiger partial charge in [0.15, 0.2) is 0 Å². The molecule has 0 radical (unpaired) electrons. The van der Waals surface area contributed by atoms with Gasteiger partial charge in [0.25, 0.3) is 5.69 Å². The molecule has 0 unspecified atom stereocenters. The Hall–Kier alpha value is -1.68. The number of hydrogen-bond acceptors (Lipinski definition) is 3. The van der Waals surface area contributed by atoms with Gasteiger partial charge < -0.3 is 0 Å². The van der Waals surface area contributed by atoms with Crippen molar-refractivity contribution in [2.45, 2.75) is 6.92 Å². The number of pyridine rings is 1. The first kappa shape index (κ1) is 9.86. The molecule has 0 bridgehead atoms. The summed E-state index contributed by atoms with van der Waals surface area (Å²) in [6.45, 7) is 1.81. The van der Waals surface area contributed by atoms with E-state index in [-0.39, 0.29) is 5.69 Å². The Kier molecular flexibility index (Phi) is 2.28. The van der Waals surface area contributed by atoms with Crippen molar-refractivity contribution < 1.29 is 4.92 Å². The lowest BCUT2D eigenvalue weighted by Gasteiger charge is -2.00. The number of benzene rings is 1. The van der Waals surface area contributed by atoms with Gasteiger partial charge in [-0.3, -0.25) is 10.1 Å². The summed E-state index contributed by atoms with van der Waals surface area (Å²) in [6, 6.07) is 6.29. The van der Waals surface area contributed by atoms with E-state index in [0.29, 0.717) is 10.7 Å². The molecule has 1 aromatic heterocycles. The molecule has 2 aromatic rings. The van der Waals surface area contributed by atoms with Crippen molar-refractivity contribution in [3.05, 3.63) is 45.1 Å². The van der Waals surface area contributed by atoms with Gasteiger partial charge in [0.2, 0.25) is 0 Å². The molecule has 5 heteroatoms. The highest BCUT2D eigenvalue weighted by Crippen LogP contribution is 2.23. The van der Waals surface area contributed by atoms with Crippen LogP contribution in [0.2, 0.25) is 5.15 Å². The largest absolute Gasteiger partial charge is 0.270 e. The second-order valence-corrected chi connectivity index (χ2v) is 3.59. The molecule has 0 fully saturated rings. The van der Waals surface area contributed by atoms with Crippen molar-refractivity contribution in [3.8, 4) is 0 Å². The van der Waals surface area contributed by atoms with E-state index >= 15 is 0 Å². The molecule has 0 N–H and O–H groups in total. The maximum atomic E-state index is 10.6. The summed E-state index contributed by atoms with van der Waals surface area (Å²) < 4.78 is 0. The second-order valence-electron chi connectivity index (χ2n) is 3.23. The Bertz CT molecular complexity index is 554. The molecule has 0 saturated heterocycles. The van der Waals surface area contributed by atoms with E-state index in [9.17, 15) is 10.1 Å². The first-order valence-corrected chi connectivity index (χ1v) is 4.67. The Morgan fingerprint density at radius 2 is 2.13 bits per heavy atom. The number of nitro groups is 1. The quantitative estimate of drug-likeness (QED) is 0.423. The first-order chi connectivity index (χ1) is 7.08. The van der Waals surface area contributed by atoms with Gasteiger partial charge in [-0.25, -0.2) is 4.98 Å². The van der Waals surface area contributed by atoms with E-state index in [1.165, 1.54) is 12.1 Å². The zero-order chi connectivity index (χ0) is 11.0. The van der Waals surface area contributed by atoms with Gasteiger partial charge in [-0.2, -0.15) is 0 Å². The van der Waals surface area contributed by atoms with Gasteiger partial charge in [0, 0.05) is 17.5 Å². The summed E-state index contributed by atoms with van der Waals surface area (Å²) in [5.74, 6) is 0. The smallest absolute Gasteiger partial charge is 0.258 e. The molecule has 0 spiro atoms. The summed E-state index contributed by atoms with van der Waals surface area (Å²) >= 11 is 5.84. The zero-order valence-electron chi connectivity index (χ0n) is 7.90. The minimum Gasteiger partial charge on any atom is -0.258 e. The molecule has 76 valence electrons. The van der Waals surface area contributed by atoms with Gasteiger partial charge in [-0.15, -0.1) is 0 Å². The molecule has 0 amide bonds. The van der Waals surface area contributed by atoms with Crippen LogP contribution in [0.4, 0.5) is 5.69 Å². The molecular weight excluding hydrogens is 216 g/mol. The monoisotopic (exact) mass is 222 g/mol. The fourth-order valence-corrected chi connectivity index (χ4v) is 1.51. The van der Waals surface area contributed by atoms with Crippen LogP contribution in [-0.2, 0) is 0 Å². The molecule has 1 aromatic carbocycles. The predicted molar refractivity (Wildman–Crippen MR) is 58.1 cm³/mol. The highest BCUT2D eigenvalue weighted by Gasteiger charge is 2.07. The number of fused-ring (bicyclic) bond motifs is 1. The van der Waals surface area contributed by atoms with Crippen molar-refractivity contribution in [2.24, 2.45) is 0 Å². The van der Waals surface area contributed by atoms with E-state index in [4.69, 9.17) is 11.6 Å². The van der Waals surface area contributed by atoms with Gasteiger partial charge >= 0.3 is 0 Å². The van der Waals surface area contributed by atoms with Crippen LogP contribution in [-0.4, -0.2) is 9.91 Å². The number of rotatable bonds is 1. The van der Waals surface area contributed by atoms with Crippen molar-refractivity contribution in [1.29, 1.82) is 0 Å². The van der Waals surface area contributed by atoms with Crippen LogP contribution in [0.3, 0.4) is 0 Å². The highest BCUT2D eigenvalue weighted by molar-refractivity contribution is 6.30. The molecule has 0 aliphatic carbocycles. The normalized spacial score (nSPS) is 10.5. The Labute approximate surface area is 90.7 Å². The molecular formula is C10H7ClN2O2. The van der Waals surface area contributed by atoms with Crippen LogP contribution in [0, 0.1) is 17.0 Å². The summed E-state index contributed by atoms with van der Waals surface area (Å²) in [5.41, 5.74) is 1.53. The summed E-state index contributed by atoms with van der Waals surface area (Å²) in [7, 11) is 0. The van der Waals surface area contributed by atoms with Crippen molar-refractivity contribution in [2.75, 3.05) is 0 Å². The highest BCUT2D eigenvalue weighted by atomic mass is 35.5. The number of nitro benzene ring substituents is 1.